The van der Waals surface area contributed by atoms with Gasteiger partial charge >= 0.3 is 0 Å². The number of thiazole rings is 1. The van der Waals surface area contributed by atoms with Crippen molar-refractivity contribution in [3.63, 3.8) is 0 Å². The van der Waals surface area contributed by atoms with E-state index in [4.69, 9.17) is 25.8 Å². The number of para-hydroxylation sites is 2. The summed E-state index contributed by atoms with van der Waals surface area (Å²) in [7, 11) is 1.55. The molecular weight excluding hydrogens is 472 g/mol. The molecule has 0 saturated heterocycles. The highest BCUT2D eigenvalue weighted by Gasteiger charge is 2.14. The zero-order valence-corrected chi connectivity index (χ0v) is 20.2. The number of imidazole rings is 1. The van der Waals surface area contributed by atoms with E-state index in [-0.39, 0.29) is 5.56 Å². The molecule has 0 N–H and O–H groups in total. The number of benzene rings is 3. The van der Waals surface area contributed by atoms with Crippen LogP contribution in [0.2, 0.25) is 5.02 Å². The molecule has 6 nitrogen and oxygen atoms in total. The molecule has 34 heavy (non-hydrogen) atoms. The number of aryl methyl sites for hydroxylation is 1. The van der Waals surface area contributed by atoms with Crippen LogP contribution >= 0.6 is 22.9 Å². The minimum absolute atomic E-state index is 0.114. The Bertz CT molecular complexity index is 1610. The maximum Gasteiger partial charge on any atom is 0.274 e. The first-order chi connectivity index (χ1) is 16.5. The molecule has 0 atom stereocenters. The van der Waals surface area contributed by atoms with Crippen molar-refractivity contribution in [2.45, 2.75) is 6.92 Å². The van der Waals surface area contributed by atoms with E-state index in [1.54, 1.807) is 29.7 Å². The Labute approximate surface area is 204 Å². The topological polar surface area (TPSA) is 62.1 Å². The van der Waals surface area contributed by atoms with Crippen molar-refractivity contribution < 1.29 is 14.2 Å². The molecule has 172 valence electrons. The van der Waals surface area contributed by atoms with Crippen LogP contribution in [-0.2, 0) is 0 Å². The Hall–Kier alpha value is -3.55. The number of ether oxygens (including phenoxy) is 3. The average molecular weight is 493 g/mol. The summed E-state index contributed by atoms with van der Waals surface area (Å²) in [5.41, 5.74) is 3.35. The molecule has 0 spiro atoms. The van der Waals surface area contributed by atoms with Crippen molar-refractivity contribution >= 4 is 45.0 Å². The molecular formula is C26H21ClN2O4S. The third kappa shape index (κ3) is 4.32. The van der Waals surface area contributed by atoms with E-state index in [2.05, 4.69) is 4.98 Å². The molecule has 5 rings (SSSR count). The Balaban J connectivity index is 1.38. The number of fused-ring (bicyclic) bond motifs is 3. The van der Waals surface area contributed by atoms with Crippen LogP contribution in [0.5, 0.6) is 17.2 Å². The summed E-state index contributed by atoms with van der Waals surface area (Å²) in [5, 5.41) is 0.389. The fraction of sp³-hybridized carbons (Fsp3) is 0.154. The minimum atomic E-state index is -0.114. The average Bonchev–Trinajstić information content (AvgIpc) is 3.33. The summed E-state index contributed by atoms with van der Waals surface area (Å²) < 4.78 is 19.3. The van der Waals surface area contributed by atoms with Crippen LogP contribution in [0.15, 0.2) is 65.5 Å². The van der Waals surface area contributed by atoms with Crippen LogP contribution in [0.25, 0.3) is 22.1 Å². The van der Waals surface area contributed by atoms with E-state index in [9.17, 15) is 4.79 Å². The summed E-state index contributed by atoms with van der Waals surface area (Å²) in [6.45, 7) is 2.67. The highest BCUT2D eigenvalue weighted by Crippen LogP contribution is 2.36. The van der Waals surface area contributed by atoms with E-state index < -0.39 is 0 Å². The van der Waals surface area contributed by atoms with Crippen LogP contribution in [0, 0.1) is 6.92 Å². The fourth-order valence-corrected chi connectivity index (χ4v) is 5.00. The highest BCUT2D eigenvalue weighted by molar-refractivity contribution is 7.15. The number of halogens is 1. The lowest BCUT2D eigenvalue weighted by atomic mass is 10.2. The second-order valence-corrected chi connectivity index (χ2v) is 9.10. The fourth-order valence-electron chi connectivity index (χ4n) is 3.73. The smallest absolute Gasteiger partial charge is 0.274 e. The molecule has 0 saturated carbocycles. The Morgan fingerprint density at radius 2 is 1.88 bits per heavy atom. The quantitative estimate of drug-likeness (QED) is 0.303. The Kier molecular flexibility index (Phi) is 6.13. The van der Waals surface area contributed by atoms with Crippen LogP contribution in [0.1, 0.15) is 11.1 Å². The second-order valence-electron chi connectivity index (χ2n) is 7.68. The summed E-state index contributed by atoms with van der Waals surface area (Å²) in [6.07, 6.45) is 1.79. The van der Waals surface area contributed by atoms with E-state index in [1.165, 1.54) is 11.3 Å². The van der Waals surface area contributed by atoms with E-state index in [0.717, 1.165) is 27.9 Å². The first-order valence-corrected chi connectivity index (χ1v) is 11.8. The third-order valence-corrected chi connectivity index (χ3v) is 6.53. The standard InChI is InChI=1S/C26H21ClN2O4S/c1-16-6-5-7-18(12-16)32-10-11-33-24-19(27)13-17(14-22(24)31-2)15-23-25(30)29-21-9-4-3-8-20(21)28-26(29)34-23/h3-9,12-15H,10-11H2,1-2H3/b23-15-. The van der Waals surface area contributed by atoms with Gasteiger partial charge in [0.2, 0.25) is 0 Å². The summed E-state index contributed by atoms with van der Waals surface area (Å²) in [4.78, 5) is 18.2. The van der Waals surface area contributed by atoms with Crippen LogP contribution < -0.4 is 24.3 Å². The van der Waals surface area contributed by atoms with E-state index in [0.29, 0.717) is 39.2 Å². The van der Waals surface area contributed by atoms with Gasteiger partial charge in [0.1, 0.15) is 19.0 Å². The van der Waals surface area contributed by atoms with Crippen molar-refractivity contribution in [3.8, 4) is 17.2 Å². The first kappa shape index (κ1) is 22.3. The molecule has 2 aromatic heterocycles. The summed E-state index contributed by atoms with van der Waals surface area (Å²) in [5.74, 6) is 1.70. The molecule has 0 bridgehead atoms. The predicted molar refractivity (Wildman–Crippen MR) is 136 cm³/mol. The van der Waals surface area contributed by atoms with Crippen molar-refractivity contribution in [3.05, 3.63) is 91.7 Å². The zero-order chi connectivity index (χ0) is 23.7. The van der Waals surface area contributed by atoms with Gasteiger partial charge in [-0.05, 0) is 60.5 Å². The molecule has 3 aromatic carbocycles. The number of nitrogens with zero attached hydrogens (tertiary/aromatic N) is 2. The normalized spacial score (nSPS) is 11.9. The maximum absolute atomic E-state index is 13.0. The molecule has 0 radical (unpaired) electrons. The zero-order valence-electron chi connectivity index (χ0n) is 18.6. The number of aromatic nitrogens is 2. The van der Waals surface area contributed by atoms with Crippen LogP contribution in [0.3, 0.4) is 0 Å². The van der Waals surface area contributed by atoms with Gasteiger partial charge in [-0.3, -0.25) is 4.79 Å². The van der Waals surface area contributed by atoms with Gasteiger partial charge in [-0.25, -0.2) is 9.38 Å². The van der Waals surface area contributed by atoms with Gasteiger partial charge in [0.15, 0.2) is 16.5 Å². The molecule has 0 unspecified atom stereocenters. The third-order valence-electron chi connectivity index (χ3n) is 5.28. The highest BCUT2D eigenvalue weighted by atomic mass is 35.5. The maximum atomic E-state index is 13.0. The van der Waals surface area contributed by atoms with Gasteiger partial charge < -0.3 is 14.2 Å². The number of hydrogen-bond acceptors (Lipinski definition) is 6. The molecule has 8 heteroatoms. The van der Waals surface area contributed by atoms with Crippen LogP contribution in [0.4, 0.5) is 0 Å². The van der Waals surface area contributed by atoms with Gasteiger partial charge in [-0.1, -0.05) is 47.2 Å². The van der Waals surface area contributed by atoms with Gasteiger partial charge in [0.05, 0.1) is 27.7 Å². The summed E-state index contributed by atoms with van der Waals surface area (Å²) in [6, 6.07) is 19.0. The first-order valence-electron chi connectivity index (χ1n) is 10.6. The number of methoxy groups -OCH3 is 1. The minimum Gasteiger partial charge on any atom is -0.493 e. The Morgan fingerprint density at radius 1 is 1.06 bits per heavy atom. The van der Waals surface area contributed by atoms with Gasteiger partial charge in [-0.2, -0.15) is 0 Å². The largest absolute Gasteiger partial charge is 0.493 e. The van der Waals surface area contributed by atoms with Crippen LogP contribution in [-0.4, -0.2) is 29.7 Å². The lowest BCUT2D eigenvalue weighted by Crippen LogP contribution is -2.22. The second kappa shape index (κ2) is 9.37. The lowest BCUT2D eigenvalue weighted by molar-refractivity contribution is 0.211. The Morgan fingerprint density at radius 3 is 2.71 bits per heavy atom. The van der Waals surface area contributed by atoms with Crippen molar-refractivity contribution in [1.29, 1.82) is 0 Å². The number of hydrogen-bond donors (Lipinski definition) is 0. The van der Waals surface area contributed by atoms with Gasteiger partial charge in [0, 0.05) is 0 Å². The van der Waals surface area contributed by atoms with E-state index >= 15 is 0 Å². The molecule has 0 aliphatic rings. The molecule has 0 amide bonds. The van der Waals surface area contributed by atoms with Crippen molar-refractivity contribution in [2.24, 2.45) is 0 Å². The van der Waals surface area contributed by atoms with E-state index in [1.807, 2.05) is 55.5 Å². The van der Waals surface area contributed by atoms with Crippen molar-refractivity contribution in [1.82, 2.24) is 9.38 Å². The van der Waals surface area contributed by atoms with Gasteiger partial charge in [-0.15, -0.1) is 0 Å². The molecule has 5 aromatic rings. The number of rotatable bonds is 7. The monoisotopic (exact) mass is 492 g/mol. The molecule has 0 fully saturated rings. The predicted octanol–water partition coefficient (Wildman–Crippen LogP) is 4.89. The molecule has 0 aliphatic heterocycles. The SMILES string of the molecule is COc1cc(/C=c2\sc3nc4ccccc4n3c2=O)cc(Cl)c1OCCOc1cccc(C)c1. The molecule has 0 aliphatic carbocycles. The molecule has 2 heterocycles. The summed E-state index contributed by atoms with van der Waals surface area (Å²) >= 11 is 7.85. The van der Waals surface area contributed by atoms with Crippen molar-refractivity contribution in [2.75, 3.05) is 20.3 Å². The lowest BCUT2D eigenvalue weighted by Gasteiger charge is -2.14. The van der Waals surface area contributed by atoms with Gasteiger partial charge in [0.25, 0.3) is 5.56 Å².